The van der Waals surface area contributed by atoms with Crippen LogP contribution in [0.25, 0.3) is 16.6 Å². The van der Waals surface area contributed by atoms with E-state index in [0.717, 1.165) is 5.39 Å². The molecular weight excluding hydrogens is 246 g/mol. The zero-order valence-corrected chi connectivity index (χ0v) is 10.4. The van der Waals surface area contributed by atoms with Crippen molar-refractivity contribution in [3.8, 4) is 5.75 Å². The SMILES string of the molecule is COc1cccc2c1nc(N)n1nc(CCO)nc21. The molecule has 0 aliphatic heterocycles. The van der Waals surface area contributed by atoms with Crippen LogP contribution in [-0.4, -0.2) is 38.4 Å². The number of aliphatic hydroxyl groups is 1. The highest BCUT2D eigenvalue weighted by Gasteiger charge is 2.13. The number of aliphatic hydroxyl groups excluding tert-OH is 1. The number of ether oxygens (including phenoxy) is 1. The molecular formula is C12H13N5O2. The summed E-state index contributed by atoms with van der Waals surface area (Å²) in [5, 5.41) is 14.0. The van der Waals surface area contributed by atoms with E-state index in [2.05, 4.69) is 15.1 Å². The van der Waals surface area contributed by atoms with Crippen LogP contribution >= 0.6 is 0 Å². The molecule has 0 radical (unpaired) electrons. The monoisotopic (exact) mass is 259 g/mol. The number of rotatable bonds is 3. The van der Waals surface area contributed by atoms with Crippen LogP contribution in [0.15, 0.2) is 18.2 Å². The summed E-state index contributed by atoms with van der Waals surface area (Å²) >= 11 is 0. The predicted molar refractivity (Wildman–Crippen MR) is 70.0 cm³/mol. The van der Waals surface area contributed by atoms with Crippen molar-refractivity contribution in [2.75, 3.05) is 19.5 Å². The molecule has 2 aromatic heterocycles. The molecule has 0 spiro atoms. The summed E-state index contributed by atoms with van der Waals surface area (Å²) in [6.45, 7) is -0.00846. The molecule has 0 fully saturated rings. The molecule has 0 unspecified atom stereocenters. The van der Waals surface area contributed by atoms with E-state index in [9.17, 15) is 0 Å². The number of benzene rings is 1. The Balaban J connectivity index is 2.38. The van der Waals surface area contributed by atoms with Crippen molar-refractivity contribution in [1.29, 1.82) is 0 Å². The third-order valence-electron chi connectivity index (χ3n) is 2.89. The van der Waals surface area contributed by atoms with Gasteiger partial charge in [0.05, 0.1) is 13.7 Å². The van der Waals surface area contributed by atoms with Gasteiger partial charge in [0.2, 0.25) is 5.95 Å². The number of para-hydroxylation sites is 1. The van der Waals surface area contributed by atoms with E-state index in [1.165, 1.54) is 4.52 Å². The second-order valence-corrected chi connectivity index (χ2v) is 4.06. The van der Waals surface area contributed by atoms with Gasteiger partial charge in [-0.15, -0.1) is 5.10 Å². The van der Waals surface area contributed by atoms with Crippen LogP contribution in [0.3, 0.4) is 0 Å². The van der Waals surface area contributed by atoms with Crippen LogP contribution in [0, 0.1) is 0 Å². The number of hydrogen-bond donors (Lipinski definition) is 2. The molecule has 0 saturated heterocycles. The maximum atomic E-state index is 8.95. The number of anilines is 1. The van der Waals surface area contributed by atoms with Crippen LogP contribution in [0.5, 0.6) is 5.75 Å². The highest BCUT2D eigenvalue weighted by atomic mass is 16.5. The molecule has 2 heterocycles. The van der Waals surface area contributed by atoms with Gasteiger partial charge in [0, 0.05) is 11.8 Å². The van der Waals surface area contributed by atoms with Crippen molar-refractivity contribution < 1.29 is 9.84 Å². The lowest BCUT2D eigenvalue weighted by atomic mass is 10.2. The molecule has 1 aromatic carbocycles. The number of aromatic nitrogens is 4. The Morgan fingerprint density at radius 1 is 1.37 bits per heavy atom. The molecule has 3 aromatic rings. The summed E-state index contributed by atoms with van der Waals surface area (Å²) < 4.78 is 6.75. The second-order valence-electron chi connectivity index (χ2n) is 4.06. The number of hydrogen-bond acceptors (Lipinski definition) is 6. The summed E-state index contributed by atoms with van der Waals surface area (Å²) in [5.41, 5.74) is 7.15. The van der Waals surface area contributed by atoms with E-state index in [4.69, 9.17) is 15.6 Å². The normalized spacial score (nSPS) is 11.3. The number of fused-ring (bicyclic) bond motifs is 3. The second kappa shape index (κ2) is 4.36. The number of nitrogen functional groups attached to an aromatic ring is 1. The molecule has 3 N–H and O–H groups in total. The molecule has 7 heteroatoms. The van der Waals surface area contributed by atoms with Gasteiger partial charge in [0.15, 0.2) is 11.5 Å². The van der Waals surface area contributed by atoms with Crippen molar-refractivity contribution in [3.05, 3.63) is 24.0 Å². The first-order chi connectivity index (χ1) is 9.24. The predicted octanol–water partition coefficient (Wildman–Crippen LogP) is 0.403. The molecule has 98 valence electrons. The van der Waals surface area contributed by atoms with Gasteiger partial charge in [0.25, 0.3) is 0 Å². The summed E-state index contributed by atoms with van der Waals surface area (Å²) in [6, 6.07) is 5.56. The highest BCUT2D eigenvalue weighted by molar-refractivity contribution is 5.95. The maximum Gasteiger partial charge on any atom is 0.223 e. The number of nitrogens with two attached hydrogens (primary N) is 1. The Morgan fingerprint density at radius 2 is 2.21 bits per heavy atom. The van der Waals surface area contributed by atoms with Crippen molar-refractivity contribution in [1.82, 2.24) is 19.6 Å². The van der Waals surface area contributed by atoms with E-state index < -0.39 is 0 Å². The number of methoxy groups -OCH3 is 1. The van der Waals surface area contributed by atoms with Crippen LogP contribution in [-0.2, 0) is 6.42 Å². The third kappa shape index (κ3) is 1.75. The first-order valence-corrected chi connectivity index (χ1v) is 5.83. The van der Waals surface area contributed by atoms with Gasteiger partial charge >= 0.3 is 0 Å². The lowest BCUT2D eigenvalue weighted by molar-refractivity contribution is 0.296. The molecule has 0 amide bonds. The smallest absolute Gasteiger partial charge is 0.223 e. The molecule has 7 nitrogen and oxygen atoms in total. The maximum absolute atomic E-state index is 8.95. The minimum Gasteiger partial charge on any atom is -0.494 e. The van der Waals surface area contributed by atoms with Gasteiger partial charge in [-0.3, -0.25) is 0 Å². The quantitative estimate of drug-likeness (QED) is 0.706. The summed E-state index contributed by atoms with van der Waals surface area (Å²) in [6.07, 6.45) is 0.382. The average Bonchev–Trinajstić information content (AvgIpc) is 2.83. The Kier molecular flexibility index (Phi) is 2.68. The van der Waals surface area contributed by atoms with Crippen molar-refractivity contribution in [3.63, 3.8) is 0 Å². The van der Waals surface area contributed by atoms with Crippen LogP contribution in [0.2, 0.25) is 0 Å². The minimum atomic E-state index is -0.00846. The van der Waals surface area contributed by atoms with E-state index >= 15 is 0 Å². The number of nitrogens with zero attached hydrogens (tertiary/aromatic N) is 4. The van der Waals surface area contributed by atoms with E-state index in [1.54, 1.807) is 7.11 Å². The largest absolute Gasteiger partial charge is 0.494 e. The van der Waals surface area contributed by atoms with Crippen LogP contribution < -0.4 is 10.5 Å². The summed E-state index contributed by atoms with van der Waals surface area (Å²) in [7, 11) is 1.58. The molecule has 3 rings (SSSR count). The van der Waals surface area contributed by atoms with Crippen molar-refractivity contribution in [2.24, 2.45) is 0 Å². The van der Waals surface area contributed by atoms with Crippen LogP contribution in [0.1, 0.15) is 5.82 Å². The fourth-order valence-electron chi connectivity index (χ4n) is 2.04. The Labute approximate surface area is 108 Å². The van der Waals surface area contributed by atoms with Gasteiger partial charge in [-0.1, -0.05) is 6.07 Å². The van der Waals surface area contributed by atoms with Crippen molar-refractivity contribution in [2.45, 2.75) is 6.42 Å². The average molecular weight is 259 g/mol. The summed E-state index contributed by atoms with van der Waals surface area (Å²) in [5.74, 6) is 1.41. The lowest BCUT2D eigenvalue weighted by Gasteiger charge is -2.06. The van der Waals surface area contributed by atoms with Gasteiger partial charge in [-0.05, 0) is 12.1 Å². The zero-order valence-electron chi connectivity index (χ0n) is 10.4. The fourth-order valence-corrected chi connectivity index (χ4v) is 2.04. The zero-order chi connectivity index (χ0) is 13.4. The molecule has 0 bridgehead atoms. The Bertz CT molecular complexity index is 753. The highest BCUT2D eigenvalue weighted by Crippen LogP contribution is 2.27. The van der Waals surface area contributed by atoms with Gasteiger partial charge in [0.1, 0.15) is 11.3 Å². The Morgan fingerprint density at radius 3 is 2.95 bits per heavy atom. The topological polar surface area (TPSA) is 98.6 Å². The molecule has 0 aliphatic carbocycles. The van der Waals surface area contributed by atoms with Crippen LogP contribution in [0.4, 0.5) is 5.95 Å². The van der Waals surface area contributed by atoms with E-state index in [1.807, 2.05) is 18.2 Å². The van der Waals surface area contributed by atoms with Gasteiger partial charge < -0.3 is 15.6 Å². The minimum absolute atomic E-state index is 0.00846. The molecule has 0 atom stereocenters. The van der Waals surface area contributed by atoms with Crippen molar-refractivity contribution >= 4 is 22.5 Å². The molecule has 19 heavy (non-hydrogen) atoms. The lowest BCUT2D eigenvalue weighted by Crippen LogP contribution is -2.03. The van der Waals surface area contributed by atoms with E-state index in [-0.39, 0.29) is 12.6 Å². The Hall–Kier alpha value is -2.41. The van der Waals surface area contributed by atoms with Gasteiger partial charge in [-0.2, -0.15) is 4.52 Å². The summed E-state index contributed by atoms with van der Waals surface area (Å²) in [4.78, 5) is 8.68. The van der Waals surface area contributed by atoms with Gasteiger partial charge in [-0.25, -0.2) is 9.97 Å². The fraction of sp³-hybridized carbons (Fsp3) is 0.250. The molecule has 0 aliphatic rings. The third-order valence-corrected chi connectivity index (χ3v) is 2.89. The molecule has 0 saturated carbocycles. The first-order valence-electron chi connectivity index (χ1n) is 5.83. The standard InChI is InChI=1S/C12H13N5O2/c1-19-8-4-2-3-7-10(8)15-12(13)17-11(7)14-9(16-17)5-6-18/h2-4,18H,5-6H2,1H3,(H2,13,15). The van der Waals surface area contributed by atoms with E-state index in [0.29, 0.717) is 29.2 Å². The first kappa shape index (κ1) is 11.7.